The van der Waals surface area contributed by atoms with Crippen LogP contribution in [-0.4, -0.2) is 88.8 Å². The van der Waals surface area contributed by atoms with Crippen LogP contribution in [0.1, 0.15) is 79.1 Å². The number of nitrogens with zero attached hydrogens (tertiary/aromatic N) is 3. The maximum atomic E-state index is 13.8. The van der Waals surface area contributed by atoms with Crippen molar-refractivity contribution < 1.29 is 37.7 Å². The summed E-state index contributed by atoms with van der Waals surface area (Å²) in [5.41, 5.74) is 0.362. The Morgan fingerprint density at radius 2 is 1.58 bits per heavy atom. The van der Waals surface area contributed by atoms with Crippen LogP contribution in [0.3, 0.4) is 0 Å². The summed E-state index contributed by atoms with van der Waals surface area (Å²) in [6, 6.07) is 9.98. The minimum Gasteiger partial charge on any atom is -0.444 e. The summed E-state index contributed by atoms with van der Waals surface area (Å²) in [5.74, 6) is -0.120. The predicted molar refractivity (Wildman–Crippen MR) is 181 cm³/mol. The van der Waals surface area contributed by atoms with E-state index < -0.39 is 35.1 Å². The SMILES string of the molecule is Cc1cc(C[C@@H]2CN(C(=O)OC(C)(C)C)C[C@@H]2OCCN(CCc2cccc(F)c2)C(=O)OC(C)(C)C)nc(NC(=O)OC(C)(C)C)c1. The van der Waals surface area contributed by atoms with E-state index in [1.165, 1.54) is 12.1 Å². The first-order valence-electron chi connectivity index (χ1n) is 16.5. The molecule has 2 atom stereocenters. The number of carbonyl (C=O) groups is 3. The Labute approximate surface area is 284 Å². The Bertz CT molecular complexity index is 1410. The van der Waals surface area contributed by atoms with Gasteiger partial charge in [0.05, 0.1) is 19.3 Å². The highest BCUT2D eigenvalue weighted by Gasteiger charge is 2.38. The molecule has 1 fully saturated rings. The van der Waals surface area contributed by atoms with E-state index in [9.17, 15) is 18.8 Å². The Balaban J connectivity index is 1.75. The van der Waals surface area contributed by atoms with Crippen LogP contribution in [0.2, 0.25) is 0 Å². The smallest absolute Gasteiger partial charge is 0.413 e. The fourth-order valence-electron chi connectivity index (χ4n) is 5.18. The normalized spacial score (nSPS) is 16.8. The van der Waals surface area contributed by atoms with Gasteiger partial charge in [0, 0.05) is 31.2 Å². The lowest BCUT2D eigenvalue weighted by atomic mass is 9.99. The van der Waals surface area contributed by atoms with E-state index in [4.69, 9.17) is 18.9 Å². The van der Waals surface area contributed by atoms with Crippen molar-refractivity contribution in [3.63, 3.8) is 0 Å². The first kappa shape index (κ1) is 38.5. The molecule has 48 heavy (non-hydrogen) atoms. The van der Waals surface area contributed by atoms with E-state index in [0.717, 1.165) is 16.8 Å². The van der Waals surface area contributed by atoms with Crippen molar-refractivity contribution in [1.82, 2.24) is 14.8 Å². The Kier molecular flexibility index (Phi) is 12.8. The number of likely N-dealkylation sites (tertiary alicyclic amines) is 1. The van der Waals surface area contributed by atoms with Gasteiger partial charge in [0.25, 0.3) is 0 Å². The lowest BCUT2D eigenvalue weighted by molar-refractivity contribution is -0.000926. The topological polar surface area (TPSA) is 120 Å². The number of nitrogens with one attached hydrogen (secondary N) is 1. The third kappa shape index (κ3) is 13.7. The number of hydrogen-bond donors (Lipinski definition) is 1. The number of aryl methyl sites for hydroxylation is 1. The van der Waals surface area contributed by atoms with Gasteiger partial charge in [-0.3, -0.25) is 5.32 Å². The molecule has 0 bridgehead atoms. The van der Waals surface area contributed by atoms with Gasteiger partial charge >= 0.3 is 18.3 Å². The Hall–Kier alpha value is -3.93. The van der Waals surface area contributed by atoms with Gasteiger partial charge in [-0.1, -0.05) is 12.1 Å². The lowest BCUT2D eigenvalue weighted by Gasteiger charge is -2.28. The highest BCUT2D eigenvalue weighted by atomic mass is 19.1. The second-order valence-electron chi connectivity index (χ2n) is 15.3. The van der Waals surface area contributed by atoms with Crippen LogP contribution >= 0.6 is 0 Å². The van der Waals surface area contributed by atoms with Gasteiger partial charge in [-0.25, -0.2) is 23.8 Å². The highest BCUT2D eigenvalue weighted by molar-refractivity contribution is 5.83. The molecular formula is C36H53FN4O7. The number of hydrogen-bond acceptors (Lipinski definition) is 8. The summed E-state index contributed by atoms with van der Waals surface area (Å²) >= 11 is 0. The predicted octanol–water partition coefficient (Wildman–Crippen LogP) is 7.15. The van der Waals surface area contributed by atoms with Crippen molar-refractivity contribution in [2.24, 2.45) is 5.92 Å². The van der Waals surface area contributed by atoms with Crippen LogP contribution in [0.4, 0.5) is 24.6 Å². The quantitative estimate of drug-likeness (QED) is 0.264. The molecule has 1 aliphatic heterocycles. The molecule has 1 aromatic carbocycles. The van der Waals surface area contributed by atoms with Crippen molar-refractivity contribution in [3.05, 3.63) is 59.0 Å². The molecule has 12 heteroatoms. The minimum absolute atomic E-state index is 0.150. The molecule has 0 unspecified atom stereocenters. The summed E-state index contributed by atoms with van der Waals surface area (Å²) < 4.78 is 36.9. The van der Waals surface area contributed by atoms with Gasteiger partial charge in [-0.15, -0.1) is 0 Å². The van der Waals surface area contributed by atoms with Gasteiger partial charge in [0.2, 0.25) is 0 Å². The van der Waals surface area contributed by atoms with Crippen LogP contribution in [0.25, 0.3) is 0 Å². The van der Waals surface area contributed by atoms with E-state index in [1.54, 1.807) is 63.5 Å². The van der Waals surface area contributed by atoms with Crippen LogP contribution in [-0.2, 0) is 31.8 Å². The van der Waals surface area contributed by atoms with Crippen molar-refractivity contribution in [3.8, 4) is 0 Å². The van der Waals surface area contributed by atoms with Crippen LogP contribution in [0.5, 0.6) is 0 Å². The Morgan fingerprint density at radius 3 is 2.21 bits per heavy atom. The molecule has 11 nitrogen and oxygen atoms in total. The molecule has 1 aromatic heterocycles. The monoisotopic (exact) mass is 672 g/mol. The van der Waals surface area contributed by atoms with Crippen molar-refractivity contribution in [2.45, 2.75) is 105 Å². The number of ether oxygens (including phenoxy) is 4. The van der Waals surface area contributed by atoms with Crippen molar-refractivity contribution in [1.29, 1.82) is 0 Å². The summed E-state index contributed by atoms with van der Waals surface area (Å²) in [5, 5.41) is 2.71. The summed E-state index contributed by atoms with van der Waals surface area (Å²) in [6.07, 6.45) is -1.01. The number of carbonyl (C=O) groups excluding carboxylic acids is 3. The zero-order chi connectivity index (χ0) is 35.9. The third-order valence-electron chi connectivity index (χ3n) is 7.06. The molecule has 2 aromatic rings. The molecule has 3 amide bonds. The molecule has 3 rings (SSSR count). The number of pyridine rings is 1. The number of amides is 3. The lowest BCUT2D eigenvalue weighted by Crippen LogP contribution is -2.41. The Morgan fingerprint density at radius 1 is 0.917 bits per heavy atom. The molecule has 0 saturated carbocycles. The average Bonchev–Trinajstić information content (AvgIpc) is 3.29. The van der Waals surface area contributed by atoms with Crippen LogP contribution < -0.4 is 5.32 Å². The second kappa shape index (κ2) is 16.0. The number of benzene rings is 1. The number of anilines is 1. The van der Waals surface area contributed by atoms with E-state index in [2.05, 4.69) is 10.3 Å². The first-order chi connectivity index (χ1) is 22.2. The van der Waals surface area contributed by atoms with Crippen molar-refractivity contribution in [2.75, 3.05) is 38.1 Å². The fourth-order valence-corrected chi connectivity index (χ4v) is 5.18. The molecule has 0 aliphatic carbocycles. The van der Waals surface area contributed by atoms with E-state index in [1.807, 2.05) is 39.8 Å². The molecule has 2 heterocycles. The summed E-state index contributed by atoms with van der Waals surface area (Å²) in [4.78, 5) is 46.5. The molecule has 0 radical (unpaired) electrons. The minimum atomic E-state index is -0.697. The first-order valence-corrected chi connectivity index (χ1v) is 16.5. The molecule has 266 valence electrons. The number of aromatic nitrogens is 1. The van der Waals surface area contributed by atoms with Crippen LogP contribution in [0, 0.1) is 18.7 Å². The molecule has 1 saturated heterocycles. The van der Waals surface area contributed by atoms with E-state index >= 15 is 0 Å². The number of rotatable bonds is 10. The van der Waals surface area contributed by atoms with E-state index in [0.29, 0.717) is 38.3 Å². The molecular weight excluding hydrogens is 619 g/mol. The maximum Gasteiger partial charge on any atom is 0.413 e. The standard InChI is InChI=1S/C36H53FN4O7/c1-24-18-28(38-30(19-24)39-31(42)46-34(2,3)4)21-26-22-41(33(44)48-36(8,9)10)23-29(26)45-17-16-40(32(43)47-35(5,6)7)15-14-25-12-11-13-27(37)20-25/h11-13,18-20,26,29H,14-17,21-23H2,1-10H3,(H,38,39,42)/t26-,29+/m1/s1. The zero-order valence-electron chi connectivity index (χ0n) is 30.1. The highest BCUT2D eigenvalue weighted by Crippen LogP contribution is 2.27. The van der Waals surface area contributed by atoms with E-state index in [-0.39, 0.29) is 31.0 Å². The summed E-state index contributed by atoms with van der Waals surface area (Å²) in [7, 11) is 0. The maximum absolute atomic E-state index is 13.8. The van der Waals surface area contributed by atoms with Gasteiger partial charge < -0.3 is 28.7 Å². The van der Waals surface area contributed by atoms with Gasteiger partial charge in [-0.2, -0.15) is 0 Å². The fraction of sp³-hybridized carbons (Fsp3) is 0.611. The largest absolute Gasteiger partial charge is 0.444 e. The van der Waals surface area contributed by atoms with Gasteiger partial charge in [-0.05, 0) is 117 Å². The van der Waals surface area contributed by atoms with Gasteiger partial charge in [0.1, 0.15) is 28.4 Å². The third-order valence-corrected chi connectivity index (χ3v) is 7.06. The molecule has 0 spiro atoms. The number of halogens is 1. The van der Waals surface area contributed by atoms with Crippen LogP contribution in [0.15, 0.2) is 36.4 Å². The molecule has 1 aliphatic rings. The molecule has 1 N–H and O–H groups in total. The van der Waals surface area contributed by atoms with Crippen molar-refractivity contribution >= 4 is 24.1 Å². The summed E-state index contributed by atoms with van der Waals surface area (Å²) in [6.45, 7) is 19.5. The second-order valence-corrected chi connectivity index (χ2v) is 15.3. The average molecular weight is 673 g/mol. The zero-order valence-corrected chi connectivity index (χ0v) is 30.1. The van der Waals surface area contributed by atoms with Gasteiger partial charge in [0.15, 0.2) is 0 Å².